The van der Waals surface area contributed by atoms with Crippen LogP contribution in [0.15, 0.2) is 18.2 Å². The molecule has 0 bridgehead atoms. The number of amides is 1. The number of rotatable bonds is 4. The molecule has 3 nitrogen and oxygen atoms in total. The van der Waals surface area contributed by atoms with Gasteiger partial charge in [0.1, 0.15) is 11.6 Å². The van der Waals surface area contributed by atoms with Gasteiger partial charge in [-0.2, -0.15) is 0 Å². The first-order valence-electron chi connectivity index (χ1n) is 7.62. The van der Waals surface area contributed by atoms with Crippen LogP contribution >= 0.6 is 0 Å². The standard InChI is InChI=1S/C16H20F2N2O/c17-12-1-4-15(18)14(9-12)16(21)20(13-2-3-13)10-11-5-7-19-8-6-11/h1,4,9,11,13,19H,2-3,5-8,10H2. The van der Waals surface area contributed by atoms with Crippen molar-refractivity contribution in [2.45, 2.75) is 31.7 Å². The highest BCUT2D eigenvalue weighted by Crippen LogP contribution is 2.31. The van der Waals surface area contributed by atoms with Crippen LogP contribution in [-0.4, -0.2) is 36.5 Å². The molecule has 3 rings (SSSR count). The molecule has 114 valence electrons. The third-order valence-electron chi connectivity index (χ3n) is 4.32. The minimum absolute atomic E-state index is 0.143. The van der Waals surface area contributed by atoms with Gasteiger partial charge in [0.25, 0.3) is 5.91 Å². The summed E-state index contributed by atoms with van der Waals surface area (Å²) in [5, 5.41) is 3.30. The van der Waals surface area contributed by atoms with Crippen molar-refractivity contribution in [2.75, 3.05) is 19.6 Å². The topological polar surface area (TPSA) is 32.3 Å². The van der Waals surface area contributed by atoms with Gasteiger partial charge < -0.3 is 10.2 Å². The van der Waals surface area contributed by atoms with E-state index < -0.39 is 11.6 Å². The van der Waals surface area contributed by atoms with E-state index in [1.807, 2.05) is 0 Å². The summed E-state index contributed by atoms with van der Waals surface area (Å²) in [6.45, 7) is 2.58. The molecule has 1 aromatic rings. The SMILES string of the molecule is O=C(c1cc(F)ccc1F)N(CC1CCNCC1)C1CC1. The molecule has 0 unspecified atom stereocenters. The molecule has 1 aromatic carbocycles. The number of piperidine rings is 1. The number of carbonyl (C=O) groups excluding carboxylic acids is 1. The maximum Gasteiger partial charge on any atom is 0.257 e. The van der Waals surface area contributed by atoms with E-state index in [0.29, 0.717) is 12.5 Å². The third kappa shape index (κ3) is 3.40. The van der Waals surface area contributed by atoms with E-state index in [4.69, 9.17) is 0 Å². The summed E-state index contributed by atoms with van der Waals surface area (Å²) in [6, 6.07) is 3.28. The fourth-order valence-electron chi connectivity index (χ4n) is 2.94. The maximum atomic E-state index is 13.8. The molecule has 0 radical (unpaired) electrons. The lowest BCUT2D eigenvalue weighted by molar-refractivity contribution is 0.0696. The summed E-state index contributed by atoms with van der Waals surface area (Å²) in [6.07, 6.45) is 3.99. The maximum absolute atomic E-state index is 13.8. The van der Waals surface area contributed by atoms with E-state index in [1.54, 1.807) is 4.90 Å². The Labute approximate surface area is 123 Å². The van der Waals surface area contributed by atoms with Crippen LogP contribution in [0.4, 0.5) is 8.78 Å². The number of hydrogen-bond donors (Lipinski definition) is 1. The molecular formula is C16H20F2N2O. The first-order valence-corrected chi connectivity index (χ1v) is 7.62. The zero-order valence-electron chi connectivity index (χ0n) is 11.9. The lowest BCUT2D eigenvalue weighted by Crippen LogP contribution is -2.41. The molecule has 21 heavy (non-hydrogen) atoms. The Morgan fingerprint density at radius 1 is 1.19 bits per heavy atom. The van der Waals surface area contributed by atoms with Crippen molar-refractivity contribution in [3.05, 3.63) is 35.4 Å². The molecule has 1 aliphatic carbocycles. The summed E-state index contributed by atoms with van der Waals surface area (Å²) < 4.78 is 27.1. The van der Waals surface area contributed by atoms with Crippen LogP contribution in [0.3, 0.4) is 0 Å². The Hall–Kier alpha value is -1.49. The summed E-state index contributed by atoms with van der Waals surface area (Å²) in [5.74, 6) is -1.13. The van der Waals surface area contributed by atoms with Gasteiger partial charge in [0.15, 0.2) is 0 Å². The van der Waals surface area contributed by atoms with Crippen molar-refractivity contribution < 1.29 is 13.6 Å². The number of benzene rings is 1. The molecule has 2 aliphatic rings. The van der Waals surface area contributed by atoms with Crippen molar-refractivity contribution in [2.24, 2.45) is 5.92 Å². The van der Waals surface area contributed by atoms with Crippen LogP contribution in [0.2, 0.25) is 0 Å². The Kier molecular flexibility index (Phi) is 4.19. The van der Waals surface area contributed by atoms with Crippen molar-refractivity contribution in [3.63, 3.8) is 0 Å². The average Bonchev–Trinajstić information content (AvgIpc) is 3.32. The van der Waals surface area contributed by atoms with Gasteiger partial charge in [0.05, 0.1) is 5.56 Å². The number of nitrogens with one attached hydrogen (secondary N) is 1. The zero-order valence-corrected chi connectivity index (χ0v) is 11.9. The van der Waals surface area contributed by atoms with Gasteiger partial charge in [-0.05, 0) is 62.9 Å². The van der Waals surface area contributed by atoms with Gasteiger partial charge in [-0.3, -0.25) is 4.79 Å². The molecule has 0 atom stereocenters. The predicted octanol–water partition coefficient (Wildman–Crippen LogP) is 2.57. The quantitative estimate of drug-likeness (QED) is 0.925. The molecular weight excluding hydrogens is 274 g/mol. The third-order valence-corrected chi connectivity index (χ3v) is 4.32. The first kappa shape index (κ1) is 14.4. The fraction of sp³-hybridized carbons (Fsp3) is 0.562. The second-order valence-electron chi connectivity index (χ2n) is 6.01. The van der Waals surface area contributed by atoms with Gasteiger partial charge in [0, 0.05) is 12.6 Å². The molecule has 1 N–H and O–H groups in total. The minimum atomic E-state index is -0.641. The van der Waals surface area contributed by atoms with Crippen molar-refractivity contribution in [1.82, 2.24) is 10.2 Å². The van der Waals surface area contributed by atoms with E-state index >= 15 is 0 Å². The monoisotopic (exact) mass is 294 g/mol. The summed E-state index contributed by atoms with van der Waals surface area (Å²) >= 11 is 0. The van der Waals surface area contributed by atoms with Gasteiger partial charge in [-0.15, -0.1) is 0 Å². The highest BCUT2D eigenvalue weighted by atomic mass is 19.1. The van der Waals surface area contributed by atoms with Gasteiger partial charge in [-0.25, -0.2) is 8.78 Å². The summed E-state index contributed by atoms with van der Waals surface area (Å²) in [7, 11) is 0. The number of hydrogen-bond acceptors (Lipinski definition) is 2. The van der Waals surface area contributed by atoms with Crippen molar-refractivity contribution in [1.29, 1.82) is 0 Å². The van der Waals surface area contributed by atoms with Crippen molar-refractivity contribution in [3.8, 4) is 0 Å². The fourth-order valence-corrected chi connectivity index (χ4v) is 2.94. The Morgan fingerprint density at radius 3 is 2.57 bits per heavy atom. The number of halogens is 2. The Bertz CT molecular complexity index is 525. The van der Waals surface area contributed by atoms with E-state index in [2.05, 4.69) is 5.32 Å². The van der Waals surface area contributed by atoms with Crippen molar-refractivity contribution >= 4 is 5.91 Å². The molecule has 0 spiro atoms. The van der Waals surface area contributed by atoms with Gasteiger partial charge in [0.2, 0.25) is 0 Å². The van der Waals surface area contributed by atoms with E-state index in [9.17, 15) is 13.6 Å². The average molecular weight is 294 g/mol. The molecule has 1 saturated carbocycles. The van der Waals surface area contributed by atoms with Crippen LogP contribution in [0.1, 0.15) is 36.0 Å². The van der Waals surface area contributed by atoms with E-state index in [-0.39, 0.29) is 17.5 Å². The lowest BCUT2D eigenvalue weighted by atomic mass is 9.97. The van der Waals surface area contributed by atoms with Crippen LogP contribution in [0.5, 0.6) is 0 Å². The molecule has 2 fully saturated rings. The van der Waals surface area contributed by atoms with Crippen LogP contribution in [0, 0.1) is 17.6 Å². The largest absolute Gasteiger partial charge is 0.335 e. The van der Waals surface area contributed by atoms with Gasteiger partial charge >= 0.3 is 0 Å². The summed E-state index contributed by atoms with van der Waals surface area (Å²) in [4.78, 5) is 14.3. The highest BCUT2D eigenvalue weighted by Gasteiger charge is 2.35. The van der Waals surface area contributed by atoms with Crippen LogP contribution in [0.25, 0.3) is 0 Å². The molecule has 0 aromatic heterocycles. The molecule has 5 heteroatoms. The lowest BCUT2D eigenvalue weighted by Gasteiger charge is -2.30. The normalized spacial score (nSPS) is 19.5. The van der Waals surface area contributed by atoms with E-state index in [0.717, 1.165) is 57.0 Å². The summed E-state index contributed by atoms with van der Waals surface area (Å²) in [5.41, 5.74) is -0.143. The van der Waals surface area contributed by atoms with Crippen LogP contribution < -0.4 is 5.32 Å². The molecule has 1 aliphatic heterocycles. The predicted molar refractivity (Wildman–Crippen MR) is 76.0 cm³/mol. The van der Waals surface area contributed by atoms with Gasteiger partial charge in [-0.1, -0.05) is 0 Å². The smallest absolute Gasteiger partial charge is 0.257 e. The molecule has 1 heterocycles. The zero-order chi connectivity index (χ0) is 14.8. The highest BCUT2D eigenvalue weighted by molar-refractivity contribution is 5.95. The molecule has 1 amide bonds. The van der Waals surface area contributed by atoms with Crippen LogP contribution in [-0.2, 0) is 0 Å². The first-order chi connectivity index (χ1) is 10.1. The number of carbonyl (C=O) groups is 1. The Morgan fingerprint density at radius 2 is 1.90 bits per heavy atom. The number of nitrogens with zero attached hydrogens (tertiary/aromatic N) is 1. The molecule has 1 saturated heterocycles. The van der Waals surface area contributed by atoms with E-state index in [1.165, 1.54) is 0 Å². The second kappa shape index (κ2) is 6.10. The Balaban J connectivity index is 1.76. The minimum Gasteiger partial charge on any atom is -0.335 e. The second-order valence-corrected chi connectivity index (χ2v) is 6.01.